The molecule has 1 aromatic rings. The largest absolute Gasteiger partial charge is 0.348 e. The fourth-order valence-corrected chi connectivity index (χ4v) is 4.79. The van der Waals surface area contributed by atoms with E-state index in [1.165, 1.54) is 67.3 Å². The molecule has 21 heavy (non-hydrogen) atoms. The molecule has 4 heteroatoms. The lowest BCUT2D eigenvalue weighted by Crippen LogP contribution is -2.39. The molecule has 0 amide bonds. The molecule has 0 bridgehead atoms. The lowest BCUT2D eigenvalue weighted by atomic mass is 9.74. The highest BCUT2D eigenvalue weighted by molar-refractivity contribution is 7.15. The maximum Gasteiger partial charge on any atom is 0.185 e. The molecule has 0 aromatic carbocycles. The first-order valence-electron chi connectivity index (χ1n) is 8.60. The summed E-state index contributed by atoms with van der Waals surface area (Å²) in [5.74, 6) is 0.758. The van der Waals surface area contributed by atoms with Crippen LogP contribution in [0.4, 0.5) is 5.13 Å². The zero-order valence-electron chi connectivity index (χ0n) is 13.7. The van der Waals surface area contributed by atoms with Crippen molar-refractivity contribution in [1.82, 2.24) is 10.3 Å². The summed E-state index contributed by atoms with van der Waals surface area (Å²) in [7, 11) is 2.04. The Labute approximate surface area is 133 Å². The van der Waals surface area contributed by atoms with Crippen LogP contribution in [0.1, 0.15) is 68.9 Å². The molecule has 1 aliphatic carbocycles. The summed E-state index contributed by atoms with van der Waals surface area (Å²) in [6.45, 7) is 8.08. The number of piperidine rings is 1. The summed E-state index contributed by atoms with van der Waals surface area (Å²) in [5, 5.41) is 4.59. The Hall–Kier alpha value is -0.610. The molecule has 2 fully saturated rings. The smallest absolute Gasteiger partial charge is 0.185 e. The molecule has 1 N–H and O–H groups in total. The number of aromatic nitrogens is 1. The average Bonchev–Trinajstić information content (AvgIpc) is 3.29. The number of rotatable bonds is 6. The van der Waals surface area contributed by atoms with Crippen LogP contribution in [0.5, 0.6) is 0 Å². The first kappa shape index (κ1) is 15.3. The Morgan fingerprint density at radius 2 is 1.90 bits per heavy atom. The third-order valence-electron chi connectivity index (χ3n) is 5.61. The van der Waals surface area contributed by atoms with Crippen LogP contribution < -0.4 is 10.2 Å². The van der Waals surface area contributed by atoms with E-state index >= 15 is 0 Å². The van der Waals surface area contributed by atoms with Crippen molar-refractivity contribution in [2.24, 2.45) is 5.41 Å². The van der Waals surface area contributed by atoms with Crippen LogP contribution >= 0.6 is 11.3 Å². The van der Waals surface area contributed by atoms with Crippen LogP contribution in [-0.4, -0.2) is 25.1 Å². The number of nitrogens with one attached hydrogen (secondary N) is 1. The Morgan fingerprint density at radius 3 is 2.43 bits per heavy atom. The third kappa shape index (κ3) is 3.11. The van der Waals surface area contributed by atoms with Gasteiger partial charge in [0.05, 0.1) is 5.69 Å². The number of anilines is 1. The summed E-state index contributed by atoms with van der Waals surface area (Å²) < 4.78 is 0. The zero-order chi connectivity index (χ0) is 14.9. The quantitative estimate of drug-likeness (QED) is 0.856. The molecule has 1 aromatic heterocycles. The van der Waals surface area contributed by atoms with Crippen LogP contribution in [0, 0.1) is 5.41 Å². The molecule has 1 aliphatic heterocycles. The van der Waals surface area contributed by atoms with Gasteiger partial charge in [-0.15, -0.1) is 11.3 Å². The SMILES string of the molecule is CCC1(CC)CCN(c2nc(C3CC3)c(CNC)s2)CC1. The summed E-state index contributed by atoms with van der Waals surface area (Å²) in [6, 6.07) is 0. The number of thiazole rings is 1. The summed E-state index contributed by atoms with van der Waals surface area (Å²) >= 11 is 1.93. The van der Waals surface area contributed by atoms with E-state index in [0.29, 0.717) is 5.41 Å². The van der Waals surface area contributed by atoms with Crippen molar-refractivity contribution >= 4 is 16.5 Å². The predicted octanol–water partition coefficient (Wildman–Crippen LogP) is 4.15. The lowest BCUT2D eigenvalue weighted by Gasteiger charge is -2.41. The Kier molecular flexibility index (Phi) is 4.55. The minimum Gasteiger partial charge on any atom is -0.348 e. The van der Waals surface area contributed by atoms with Gasteiger partial charge in [-0.3, -0.25) is 0 Å². The molecular weight excluding hydrogens is 278 g/mol. The van der Waals surface area contributed by atoms with Crippen LogP contribution in [-0.2, 0) is 6.54 Å². The van der Waals surface area contributed by atoms with Crippen molar-refractivity contribution in [3.8, 4) is 0 Å². The number of hydrogen-bond acceptors (Lipinski definition) is 4. The molecule has 3 nitrogen and oxygen atoms in total. The molecule has 1 saturated carbocycles. The molecule has 0 unspecified atom stereocenters. The monoisotopic (exact) mass is 307 g/mol. The molecule has 0 spiro atoms. The first-order chi connectivity index (χ1) is 10.2. The highest BCUT2D eigenvalue weighted by atomic mass is 32.1. The summed E-state index contributed by atoms with van der Waals surface area (Å²) in [4.78, 5) is 9.03. The second-order valence-corrected chi connectivity index (χ2v) is 7.87. The average molecular weight is 308 g/mol. The van der Waals surface area contributed by atoms with Gasteiger partial charge in [-0.25, -0.2) is 4.98 Å². The minimum atomic E-state index is 0.598. The molecular formula is C17H29N3S. The van der Waals surface area contributed by atoms with E-state index in [-0.39, 0.29) is 0 Å². The molecule has 0 radical (unpaired) electrons. The lowest BCUT2D eigenvalue weighted by molar-refractivity contribution is 0.199. The highest BCUT2D eigenvalue weighted by Gasteiger charge is 2.34. The van der Waals surface area contributed by atoms with Gasteiger partial charge < -0.3 is 10.2 Å². The normalized spacial score (nSPS) is 21.8. The van der Waals surface area contributed by atoms with Gasteiger partial charge in [-0.05, 0) is 38.1 Å². The molecule has 3 rings (SSSR count). The van der Waals surface area contributed by atoms with E-state index in [1.807, 2.05) is 18.4 Å². The van der Waals surface area contributed by atoms with Gasteiger partial charge in [0.25, 0.3) is 0 Å². The van der Waals surface area contributed by atoms with E-state index in [9.17, 15) is 0 Å². The third-order valence-corrected chi connectivity index (χ3v) is 6.74. The van der Waals surface area contributed by atoms with Gasteiger partial charge in [-0.2, -0.15) is 0 Å². The second-order valence-electron chi connectivity index (χ2n) is 6.80. The molecule has 2 heterocycles. The van der Waals surface area contributed by atoms with Crippen LogP contribution in [0.15, 0.2) is 0 Å². The standard InChI is InChI=1S/C17H29N3S/c1-4-17(5-2)8-10-20(11-9-17)16-19-15(13-6-7-13)14(21-16)12-18-3/h13,18H,4-12H2,1-3H3. The Morgan fingerprint density at radius 1 is 1.24 bits per heavy atom. The van der Waals surface area contributed by atoms with E-state index in [2.05, 4.69) is 24.1 Å². The van der Waals surface area contributed by atoms with E-state index in [1.54, 1.807) is 0 Å². The van der Waals surface area contributed by atoms with Crippen LogP contribution in [0.25, 0.3) is 0 Å². The maximum atomic E-state index is 5.02. The van der Waals surface area contributed by atoms with E-state index in [0.717, 1.165) is 12.5 Å². The summed E-state index contributed by atoms with van der Waals surface area (Å²) in [5.41, 5.74) is 1.99. The summed E-state index contributed by atoms with van der Waals surface area (Å²) in [6.07, 6.45) is 8.00. The molecule has 2 aliphatic rings. The van der Waals surface area contributed by atoms with Crippen molar-refractivity contribution < 1.29 is 0 Å². The van der Waals surface area contributed by atoms with Crippen molar-refractivity contribution in [1.29, 1.82) is 0 Å². The van der Waals surface area contributed by atoms with E-state index < -0.39 is 0 Å². The Bertz CT molecular complexity index is 464. The fourth-order valence-electron chi connectivity index (χ4n) is 3.58. The topological polar surface area (TPSA) is 28.2 Å². The van der Waals surface area contributed by atoms with Crippen LogP contribution in [0.3, 0.4) is 0 Å². The first-order valence-corrected chi connectivity index (χ1v) is 9.42. The van der Waals surface area contributed by atoms with Gasteiger partial charge in [0.1, 0.15) is 0 Å². The van der Waals surface area contributed by atoms with Crippen molar-refractivity contribution in [3.05, 3.63) is 10.6 Å². The minimum absolute atomic E-state index is 0.598. The van der Waals surface area contributed by atoms with Crippen molar-refractivity contribution in [2.75, 3.05) is 25.0 Å². The van der Waals surface area contributed by atoms with Gasteiger partial charge in [0.15, 0.2) is 5.13 Å². The van der Waals surface area contributed by atoms with Gasteiger partial charge >= 0.3 is 0 Å². The molecule has 118 valence electrons. The van der Waals surface area contributed by atoms with Gasteiger partial charge in [0.2, 0.25) is 0 Å². The number of nitrogens with zero attached hydrogens (tertiary/aromatic N) is 2. The predicted molar refractivity (Wildman–Crippen MR) is 91.3 cm³/mol. The molecule has 1 saturated heterocycles. The molecule has 0 atom stereocenters. The highest BCUT2D eigenvalue weighted by Crippen LogP contribution is 2.45. The maximum absolute atomic E-state index is 5.02. The van der Waals surface area contributed by atoms with Crippen LogP contribution in [0.2, 0.25) is 0 Å². The second kappa shape index (κ2) is 6.25. The van der Waals surface area contributed by atoms with Gasteiger partial charge in [0, 0.05) is 30.4 Å². The van der Waals surface area contributed by atoms with Crippen molar-refractivity contribution in [3.63, 3.8) is 0 Å². The van der Waals surface area contributed by atoms with E-state index in [4.69, 9.17) is 4.98 Å². The Balaban J connectivity index is 1.71. The number of hydrogen-bond donors (Lipinski definition) is 1. The van der Waals surface area contributed by atoms with Crippen molar-refractivity contribution in [2.45, 2.75) is 64.8 Å². The van der Waals surface area contributed by atoms with Gasteiger partial charge in [-0.1, -0.05) is 26.7 Å². The zero-order valence-corrected chi connectivity index (χ0v) is 14.6. The fraction of sp³-hybridized carbons (Fsp3) is 0.824.